The molecule has 0 unspecified atom stereocenters. The number of nitrogens with zero attached hydrogens (tertiary/aromatic N) is 2. The van der Waals surface area contributed by atoms with Crippen LogP contribution in [0.25, 0.3) is 0 Å². The van der Waals surface area contributed by atoms with Gasteiger partial charge in [0, 0.05) is 17.9 Å². The highest BCUT2D eigenvalue weighted by Crippen LogP contribution is 2.06. The molecule has 0 aliphatic carbocycles. The van der Waals surface area contributed by atoms with Gasteiger partial charge in [-0.25, -0.2) is 4.98 Å². The number of carbonyl (C=O) groups excluding carboxylic acids is 2. The van der Waals surface area contributed by atoms with Crippen molar-refractivity contribution in [2.24, 2.45) is 0 Å². The third-order valence-corrected chi connectivity index (χ3v) is 2.53. The van der Waals surface area contributed by atoms with Crippen LogP contribution in [-0.2, 0) is 11.3 Å². The van der Waals surface area contributed by atoms with Crippen LogP contribution in [0.5, 0.6) is 0 Å². The van der Waals surface area contributed by atoms with E-state index in [-0.39, 0.29) is 23.8 Å². The number of amides is 1. The second-order valence-corrected chi connectivity index (χ2v) is 4.32. The van der Waals surface area contributed by atoms with Gasteiger partial charge in [-0.2, -0.15) is 0 Å². The Balaban J connectivity index is 2.62. The van der Waals surface area contributed by atoms with Crippen molar-refractivity contribution in [3.63, 3.8) is 0 Å². The van der Waals surface area contributed by atoms with E-state index in [0.717, 1.165) is 6.42 Å². The lowest BCUT2D eigenvalue weighted by molar-refractivity contribution is -0.123. The maximum atomic E-state index is 11.7. The third kappa shape index (κ3) is 3.18. The highest BCUT2D eigenvalue weighted by atomic mass is 16.2. The number of imidazole rings is 1. The van der Waals surface area contributed by atoms with E-state index in [1.807, 2.05) is 20.8 Å². The van der Waals surface area contributed by atoms with Gasteiger partial charge < -0.3 is 9.88 Å². The Bertz CT molecular complexity index is 382. The Hall–Kier alpha value is -1.65. The van der Waals surface area contributed by atoms with Gasteiger partial charge in [-0.05, 0) is 20.3 Å². The topological polar surface area (TPSA) is 64.0 Å². The van der Waals surface area contributed by atoms with Gasteiger partial charge in [0.1, 0.15) is 6.54 Å². The lowest BCUT2D eigenvalue weighted by Crippen LogP contribution is -2.44. The van der Waals surface area contributed by atoms with Crippen LogP contribution in [0.1, 0.15) is 37.8 Å². The van der Waals surface area contributed by atoms with Gasteiger partial charge in [0.05, 0.1) is 0 Å². The SMILES string of the molecule is CCC(C)(C)NC(=O)Cn1ccnc1C=O. The summed E-state index contributed by atoms with van der Waals surface area (Å²) in [7, 11) is 0. The largest absolute Gasteiger partial charge is 0.350 e. The summed E-state index contributed by atoms with van der Waals surface area (Å²) in [6.45, 7) is 6.05. The standard InChI is InChI=1S/C11H17N3O2/c1-4-11(2,3)13-10(16)7-14-6-5-12-9(14)8-15/h5-6,8H,4,7H2,1-3H3,(H,13,16). The molecular formula is C11H17N3O2. The van der Waals surface area contributed by atoms with Crippen molar-refractivity contribution in [1.29, 1.82) is 0 Å². The molecule has 1 rings (SSSR count). The van der Waals surface area contributed by atoms with Crippen molar-refractivity contribution in [2.75, 3.05) is 0 Å². The molecule has 1 N–H and O–H groups in total. The van der Waals surface area contributed by atoms with Gasteiger partial charge >= 0.3 is 0 Å². The van der Waals surface area contributed by atoms with Crippen molar-refractivity contribution < 1.29 is 9.59 Å². The molecule has 0 saturated heterocycles. The molecule has 0 fully saturated rings. The lowest BCUT2D eigenvalue weighted by Gasteiger charge is -2.24. The second-order valence-electron chi connectivity index (χ2n) is 4.32. The van der Waals surface area contributed by atoms with Crippen LogP contribution in [0.4, 0.5) is 0 Å². The molecule has 16 heavy (non-hydrogen) atoms. The summed E-state index contributed by atoms with van der Waals surface area (Å²) in [5.74, 6) is 0.150. The zero-order valence-corrected chi connectivity index (χ0v) is 9.86. The van der Waals surface area contributed by atoms with Crippen molar-refractivity contribution >= 4 is 12.2 Å². The maximum absolute atomic E-state index is 11.7. The van der Waals surface area contributed by atoms with E-state index in [4.69, 9.17) is 0 Å². The Labute approximate surface area is 94.9 Å². The first kappa shape index (κ1) is 12.4. The Morgan fingerprint density at radius 1 is 1.62 bits per heavy atom. The van der Waals surface area contributed by atoms with E-state index < -0.39 is 0 Å². The average molecular weight is 223 g/mol. The molecule has 0 spiro atoms. The van der Waals surface area contributed by atoms with Gasteiger partial charge in [-0.1, -0.05) is 6.92 Å². The minimum Gasteiger partial charge on any atom is -0.350 e. The molecule has 1 aromatic rings. The molecule has 5 nitrogen and oxygen atoms in total. The Morgan fingerprint density at radius 3 is 2.88 bits per heavy atom. The predicted octanol–water partition coefficient (Wildman–Crippen LogP) is 1.00. The number of hydrogen-bond acceptors (Lipinski definition) is 3. The number of aromatic nitrogens is 2. The fourth-order valence-electron chi connectivity index (χ4n) is 1.23. The highest BCUT2D eigenvalue weighted by Gasteiger charge is 2.18. The quantitative estimate of drug-likeness (QED) is 0.757. The molecule has 0 bridgehead atoms. The monoisotopic (exact) mass is 223 g/mol. The lowest BCUT2D eigenvalue weighted by atomic mass is 10.0. The second kappa shape index (κ2) is 4.92. The van der Waals surface area contributed by atoms with Crippen molar-refractivity contribution in [3.05, 3.63) is 18.2 Å². The molecule has 1 amide bonds. The fourth-order valence-corrected chi connectivity index (χ4v) is 1.23. The maximum Gasteiger partial charge on any atom is 0.240 e. The number of carbonyl (C=O) groups is 2. The molecule has 1 heterocycles. The first-order chi connectivity index (χ1) is 7.48. The summed E-state index contributed by atoms with van der Waals surface area (Å²) < 4.78 is 1.52. The fraction of sp³-hybridized carbons (Fsp3) is 0.545. The van der Waals surface area contributed by atoms with Gasteiger partial charge in [0.15, 0.2) is 12.1 Å². The van der Waals surface area contributed by atoms with Crippen LogP contribution in [0.3, 0.4) is 0 Å². The van der Waals surface area contributed by atoms with Gasteiger partial charge in [-0.15, -0.1) is 0 Å². The zero-order chi connectivity index (χ0) is 12.2. The smallest absolute Gasteiger partial charge is 0.240 e. The molecule has 5 heteroatoms. The van der Waals surface area contributed by atoms with Crippen LogP contribution in [-0.4, -0.2) is 27.3 Å². The van der Waals surface area contributed by atoms with Crippen molar-refractivity contribution in [3.8, 4) is 0 Å². The van der Waals surface area contributed by atoms with Crippen LogP contribution >= 0.6 is 0 Å². The van der Waals surface area contributed by atoms with Crippen LogP contribution < -0.4 is 5.32 Å². The molecule has 0 aromatic carbocycles. The molecular weight excluding hydrogens is 206 g/mol. The van der Waals surface area contributed by atoms with Crippen molar-refractivity contribution in [2.45, 2.75) is 39.3 Å². The van der Waals surface area contributed by atoms with E-state index in [0.29, 0.717) is 6.29 Å². The molecule has 0 radical (unpaired) electrons. The summed E-state index contributed by atoms with van der Waals surface area (Å²) in [4.78, 5) is 26.1. The molecule has 0 saturated carbocycles. The minimum absolute atomic E-state index is 0.118. The molecule has 0 atom stereocenters. The Morgan fingerprint density at radius 2 is 2.31 bits per heavy atom. The highest BCUT2D eigenvalue weighted by molar-refractivity contribution is 5.78. The van der Waals surface area contributed by atoms with E-state index in [9.17, 15) is 9.59 Å². The van der Waals surface area contributed by atoms with Gasteiger partial charge in [0.25, 0.3) is 0 Å². The summed E-state index contributed by atoms with van der Waals surface area (Å²) in [6.07, 6.45) is 4.60. The first-order valence-corrected chi connectivity index (χ1v) is 5.26. The first-order valence-electron chi connectivity index (χ1n) is 5.26. The average Bonchev–Trinajstić information content (AvgIpc) is 2.64. The van der Waals surface area contributed by atoms with Crippen LogP contribution in [0, 0.1) is 0 Å². The third-order valence-electron chi connectivity index (χ3n) is 2.53. The van der Waals surface area contributed by atoms with Crippen LogP contribution in [0.15, 0.2) is 12.4 Å². The molecule has 1 aromatic heterocycles. The molecule has 0 aliphatic heterocycles. The van der Waals surface area contributed by atoms with Gasteiger partial charge in [-0.3, -0.25) is 9.59 Å². The van der Waals surface area contributed by atoms with E-state index in [1.54, 1.807) is 6.20 Å². The number of aldehydes is 1. The predicted molar refractivity (Wildman–Crippen MR) is 60.1 cm³/mol. The normalized spacial score (nSPS) is 11.2. The number of hydrogen-bond donors (Lipinski definition) is 1. The van der Waals surface area contributed by atoms with E-state index in [1.165, 1.54) is 10.8 Å². The Kier molecular flexibility index (Phi) is 3.82. The number of rotatable bonds is 5. The summed E-state index contributed by atoms with van der Waals surface area (Å²) >= 11 is 0. The molecule has 88 valence electrons. The van der Waals surface area contributed by atoms with E-state index in [2.05, 4.69) is 10.3 Å². The van der Waals surface area contributed by atoms with Gasteiger partial charge in [0.2, 0.25) is 5.91 Å². The van der Waals surface area contributed by atoms with E-state index >= 15 is 0 Å². The zero-order valence-electron chi connectivity index (χ0n) is 9.86. The minimum atomic E-state index is -0.223. The summed E-state index contributed by atoms with van der Waals surface area (Å²) in [5, 5.41) is 2.89. The van der Waals surface area contributed by atoms with Crippen LogP contribution in [0.2, 0.25) is 0 Å². The molecule has 0 aliphatic rings. The summed E-state index contributed by atoms with van der Waals surface area (Å²) in [6, 6.07) is 0. The summed E-state index contributed by atoms with van der Waals surface area (Å²) in [5.41, 5.74) is -0.223. The van der Waals surface area contributed by atoms with Crippen molar-refractivity contribution in [1.82, 2.24) is 14.9 Å². The number of nitrogens with one attached hydrogen (secondary N) is 1.